The fraction of sp³-hybridized carbons (Fsp3) is 0.417. The van der Waals surface area contributed by atoms with E-state index in [0.29, 0.717) is 22.0 Å². The number of dihydropyridines is 1. The first-order chi connectivity index (χ1) is 17.1. The Morgan fingerprint density at radius 1 is 1.06 bits per heavy atom. The van der Waals surface area contributed by atoms with Crippen LogP contribution in [0.1, 0.15) is 25.3 Å². The van der Waals surface area contributed by atoms with Gasteiger partial charge in [-0.3, -0.25) is 14.5 Å². The highest BCUT2D eigenvalue weighted by molar-refractivity contribution is 6.31. The van der Waals surface area contributed by atoms with Crippen LogP contribution in [0.15, 0.2) is 46.8 Å². The van der Waals surface area contributed by atoms with Crippen molar-refractivity contribution in [2.75, 3.05) is 46.6 Å². The third kappa shape index (κ3) is 7.54. The summed E-state index contributed by atoms with van der Waals surface area (Å²) in [4.78, 5) is 49.9. The van der Waals surface area contributed by atoms with Crippen molar-refractivity contribution in [1.29, 1.82) is 0 Å². The van der Waals surface area contributed by atoms with Crippen LogP contribution in [0.5, 0.6) is 0 Å². The molecule has 5 N–H and O–H groups in total. The van der Waals surface area contributed by atoms with Crippen LogP contribution in [0, 0.1) is 0 Å². The van der Waals surface area contributed by atoms with E-state index in [1.807, 2.05) is 0 Å². The van der Waals surface area contributed by atoms with Crippen molar-refractivity contribution < 1.29 is 33.4 Å². The number of nitrogens with two attached hydrogens (primary N) is 2. The lowest BCUT2D eigenvalue weighted by atomic mass is 9.80. The zero-order valence-electron chi connectivity index (χ0n) is 20.5. The molecule has 0 saturated carbocycles. The number of allylic oxidation sites excluding steroid dienone is 1. The summed E-state index contributed by atoms with van der Waals surface area (Å²) in [5.74, 6) is -3.37. The van der Waals surface area contributed by atoms with E-state index < -0.39 is 29.7 Å². The fourth-order valence-corrected chi connectivity index (χ4v) is 4.13. The van der Waals surface area contributed by atoms with E-state index in [2.05, 4.69) is 5.32 Å². The highest BCUT2D eigenvalue weighted by atomic mass is 35.5. The second kappa shape index (κ2) is 13.6. The maximum Gasteiger partial charge on any atom is 0.336 e. The molecule has 0 saturated heterocycles. The van der Waals surface area contributed by atoms with Gasteiger partial charge in [0.05, 0.1) is 62.8 Å². The molecule has 1 atom stereocenters. The number of amides is 2. The summed E-state index contributed by atoms with van der Waals surface area (Å²) in [5.41, 5.74) is 12.2. The largest absolute Gasteiger partial charge is 0.466 e. The van der Waals surface area contributed by atoms with E-state index in [-0.39, 0.29) is 50.6 Å². The molecule has 1 unspecified atom stereocenters. The quantitative estimate of drug-likeness (QED) is 0.248. The van der Waals surface area contributed by atoms with Crippen LogP contribution >= 0.6 is 11.6 Å². The topological polar surface area (TPSA) is 163 Å². The number of nitrogens with one attached hydrogen (secondary N) is 1. The zero-order chi connectivity index (χ0) is 26.8. The van der Waals surface area contributed by atoms with Gasteiger partial charge in [0.25, 0.3) is 0 Å². The van der Waals surface area contributed by atoms with E-state index in [9.17, 15) is 19.2 Å². The van der Waals surface area contributed by atoms with Gasteiger partial charge < -0.3 is 31.0 Å². The molecule has 2 rings (SSSR count). The Morgan fingerprint density at radius 3 is 2.25 bits per heavy atom. The Labute approximate surface area is 214 Å². The van der Waals surface area contributed by atoms with Crippen LogP contribution in [0.3, 0.4) is 0 Å². The number of carbonyl (C=O) groups excluding carboxylic acids is 4. The molecule has 2 amide bonds. The predicted octanol–water partition coefficient (Wildman–Crippen LogP) is 0.580. The van der Waals surface area contributed by atoms with Crippen molar-refractivity contribution in [1.82, 2.24) is 10.2 Å². The maximum atomic E-state index is 13.1. The molecule has 1 aliphatic heterocycles. The summed E-state index contributed by atoms with van der Waals surface area (Å²) in [6.07, 6.45) is 0. The SMILES string of the molecule is CCOC(=O)C1=C(COCCN(CC(N)=O)CC(N)=O)NC(C)=C(C(=O)OC)C1c1ccccc1Cl. The molecule has 1 aliphatic rings. The molecule has 36 heavy (non-hydrogen) atoms. The molecule has 12 heteroatoms. The lowest BCUT2D eigenvalue weighted by Crippen LogP contribution is -2.41. The smallest absolute Gasteiger partial charge is 0.336 e. The highest BCUT2D eigenvalue weighted by Crippen LogP contribution is 2.41. The average molecular weight is 523 g/mol. The van der Waals surface area contributed by atoms with Crippen LogP contribution < -0.4 is 16.8 Å². The second-order valence-corrected chi connectivity index (χ2v) is 8.33. The molecule has 0 spiro atoms. The van der Waals surface area contributed by atoms with Crippen LogP contribution in [-0.2, 0) is 33.4 Å². The van der Waals surface area contributed by atoms with Gasteiger partial charge in [0.2, 0.25) is 11.8 Å². The van der Waals surface area contributed by atoms with Crippen molar-refractivity contribution in [3.8, 4) is 0 Å². The Kier molecular flexibility index (Phi) is 10.9. The number of halogens is 1. The van der Waals surface area contributed by atoms with E-state index in [4.69, 9.17) is 37.3 Å². The number of hydrogen-bond acceptors (Lipinski definition) is 9. The molecule has 0 fully saturated rings. The minimum absolute atomic E-state index is 0.0676. The van der Waals surface area contributed by atoms with E-state index in [1.165, 1.54) is 12.0 Å². The molecule has 0 radical (unpaired) electrons. The number of methoxy groups -OCH3 is 1. The van der Waals surface area contributed by atoms with Gasteiger partial charge >= 0.3 is 11.9 Å². The standard InChI is InChI=1S/C24H31ClN4O7/c1-4-36-24(33)22-17(13-35-10-9-29(11-18(26)30)12-19(27)31)28-14(2)20(23(32)34-3)21(22)15-7-5-6-8-16(15)25/h5-8,21,28H,4,9-13H2,1-3H3,(H2,26,30)(H2,27,31). The number of esters is 2. The van der Waals surface area contributed by atoms with Gasteiger partial charge in [0.15, 0.2) is 0 Å². The number of ether oxygens (including phenoxy) is 3. The first-order valence-corrected chi connectivity index (χ1v) is 11.6. The van der Waals surface area contributed by atoms with Gasteiger partial charge in [-0.25, -0.2) is 9.59 Å². The molecule has 0 bridgehead atoms. The molecule has 0 aliphatic carbocycles. The molecular formula is C24H31ClN4O7. The van der Waals surface area contributed by atoms with Crippen molar-refractivity contribution in [2.24, 2.45) is 11.5 Å². The molecule has 11 nitrogen and oxygen atoms in total. The molecule has 1 aromatic rings. The number of rotatable bonds is 13. The van der Waals surface area contributed by atoms with Crippen molar-refractivity contribution in [3.05, 3.63) is 57.4 Å². The Balaban J connectivity index is 2.41. The van der Waals surface area contributed by atoms with Crippen LogP contribution in [-0.4, -0.2) is 75.2 Å². The van der Waals surface area contributed by atoms with Gasteiger partial charge in [-0.05, 0) is 25.5 Å². The minimum Gasteiger partial charge on any atom is -0.466 e. The van der Waals surface area contributed by atoms with Crippen molar-refractivity contribution in [2.45, 2.75) is 19.8 Å². The summed E-state index contributed by atoms with van der Waals surface area (Å²) in [6, 6.07) is 6.87. The molecule has 1 heterocycles. The summed E-state index contributed by atoms with van der Waals surface area (Å²) in [6.45, 7) is 3.33. The van der Waals surface area contributed by atoms with Gasteiger partial charge in [-0.15, -0.1) is 0 Å². The lowest BCUT2D eigenvalue weighted by Gasteiger charge is -2.31. The summed E-state index contributed by atoms with van der Waals surface area (Å²) < 4.78 is 16.1. The third-order valence-electron chi connectivity index (χ3n) is 5.32. The van der Waals surface area contributed by atoms with Crippen LogP contribution in [0.4, 0.5) is 0 Å². The molecule has 196 valence electrons. The zero-order valence-corrected chi connectivity index (χ0v) is 21.2. The number of benzene rings is 1. The number of carbonyl (C=O) groups is 4. The Morgan fingerprint density at radius 2 is 1.69 bits per heavy atom. The Hall–Kier alpha value is -3.41. The fourth-order valence-electron chi connectivity index (χ4n) is 3.88. The molecule has 1 aromatic carbocycles. The minimum atomic E-state index is -0.869. The van der Waals surface area contributed by atoms with Gasteiger partial charge in [0, 0.05) is 17.3 Å². The van der Waals surface area contributed by atoms with Gasteiger partial charge in [0.1, 0.15) is 0 Å². The number of primary amides is 2. The van der Waals surface area contributed by atoms with Crippen molar-refractivity contribution >= 4 is 35.4 Å². The van der Waals surface area contributed by atoms with Gasteiger partial charge in [-0.2, -0.15) is 0 Å². The van der Waals surface area contributed by atoms with E-state index >= 15 is 0 Å². The normalized spacial score (nSPS) is 15.5. The second-order valence-electron chi connectivity index (χ2n) is 7.92. The first-order valence-electron chi connectivity index (χ1n) is 11.2. The van der Waals surface area contributed by atoms with Crippen molar-refractivity contribution in [3.63, 3.8) is 0 Å². The number of hydrogen-bond donors (Lipinski definition) is 3. The summed E-state index contributed by atoms with van der Waals surface area (Å²) in [5, 5.41) is 3.43. The maximum absolute atomic E-state index is 13.1. The van der Waals surface area contributed by atoms with E-state index in [1.54, 1.807) is 38.1 Å². The molecule has 0 aromatic heterocycles. The molecular weight excluding hydrogens is 492 g/mol. The lowest BCUT2D eigenvalue weighted by molar-refractivity contribution is -0.139. The predicted molar refractivity (Wildman–Crippen MR) is 131 cm³/mol. The van der Waals surface area contributed by atoms with E-state index in [0.717, 1.165) is 0 Å². The van der Waals surface area contributed by atoms with Gasteiger partial charge in [-0.1, -0.05) is 29.8 Å². The summed E-state index contributed by atoms with van der Waals surface area (Å²) >= 11 is 6.48. The summed E-state index contributed by atoms with van der Waals surface area (Å²) in [7, 11) is 1.25. The highest BCUT2D eigenvalue weighted by Gasteiger charge is 2.39. The third-order valence-corrected chi connectivity index (χ3v) is 5.66. The average Bonchev–Trinajstić information content (AvgIpc) is 2.80. The Bertz CT molecular complexity index is 1050. The van der Waals surface area contributed by atoms with Crippen LogP contribution in [0.2, 0.25) is 5.02 Å². The number of nitrogens with zero attached hydrogens (tertiary/aromatic N) is 1. The monoisotopic (exact) mass is 522 g/mol. The van der Waals surface area contributed by atoms with Crippen LogP contribution in [0.25, 0.3) is 0 Å². The first kappa shape index (κ1) is 28.8.